The smallest absolute Gasteiger partial charge is 0.391 e. The molecule has 1 rings (SSSR count). The summed E-state index contributed by atoms with van der Waals surface area (Å²) in [6.07, 6.45) is -0.102. The summed E-state index contributed by atoms with van der Waals surface area (Å²) in [5, 5.41) is 22.3. The van der Waals surface area contributed by atoms with Gasteiger partial charge >= 0.3 is 11.8 Å². The van der Waals surface area contributed by atoms with Crippen molar-refractivity contribution < 1.29 is 14.8 Å². The summed E-state index contributed by atoms with van der Waals surface area (Å²) < 4.78 is 1.85. The van der Waals surface area contributed by atoms with Crippen LogP contribution in [0.3, 0.4) is 0 Å². The van der Waals surface area contributed by atoms with Crippen LogP contribution < -0.4 is 0 Å². The lowest BCUT2D eigenvalue weighted by atomic mass is 10.4. The first-order valence-electron chi connectivity index (χ1n) is 3.60. The fourth-order valence-corrected chi connectivity index (χ4v) is 1.46. The van der Waals surface area contributed by atoms with Crippen LogP contribution in [-0.2, 0) is 11.3 Å². The van der Waals surface area contributed by atoms with Crippen molar-refractivity contribution >= 4 is 34.4 Å². The third-order valence-electron chi connectivity index (χ3n) is 1.44. The van der Waals surface area contributed by atoms with E-state index in [0.717, 1.165) is 0 Å². The minimum absolute atomic E-state index is 0.102. The molecule has 0 aliphatic rings. The molecule has 1 aromatic heterocycles. The molecule has 14 heavy (non-hydrogen) atoms. The zero-order chi connectivity index (χ0) is 10.7. The zero-order valence-corrected chi connectivity index (χ0v) is 9.04. The lowest BCUT2D eigenvalue weighted by Gasteiger charge is -1.93. The maximum absolute atomic E-state index is 10.3. The second-order valence-corrected chi connectivity index (χ2v) is 3.55. The van der Waals surface area contributed by atoms with Crippen LogP contribution in [0.25, 0.3) is 0 Å². The lowest BCUT2D eigenvalue weighted by Crippen LogP contribution is -2.07. The second kappa shape index (κ2) is 4.35. The van der Waals surface area contributed by atoms with Gasteiger partial charge in [-0.15, -0.1) is 0 Å². The van der Waals surface area contributed by atoms with Crippen LogP contribution in [0, 0.1) is 13.8 Å². The number of hydrogen-bond donors (Lipinski definition) is 1. The minimum atomic E-state index is -0.959. The van der Waals surface area contributed by atoms with Gasteiger partial charge in [-0.25, -0.2) is 0 Å². The Kier molecular flexibility index (Phi) is 3.38. The summed E-state index contributed by atoms with van der Waals surface area (Å²) >= 11 is 1.86. The summed E-state index contributed by atoms with van der Waals surface area (Å²) in [6.45, 7) is 0.140. The highest BCUT2D eigenvalue weighted by molar-refractivity contribution is 14.1. The normalized spacial score (nSPS) is 10.1. The summed E-state index contributed by atoms with van der Waals surface area (Å²) in [7, 11) is 0. The van der Waals surface area contributed by atoms with Crippen LogP contribution in [0.4, 0.5) is 5.82 Å². The molecule has 0 atom stereocenters. The van der Waals surface area contributed by atoms with Gasteiger partial charge in [0.15, 0.2) is 0 Å². The van der Waals surface area contributed by atoms with E-state index in [4.69, 9.17) is 5.11 Å². The predicted molar refractivity (Wildman–Crippen MR) is 53.9 cm³/mol. The average Bonchev–Trinajstić information content (AvgIpc) is 2.43. The van der Waals surface area contributed by atoms with Gasteiger partial charge in [-0.2, -0.15) is 4.68 Å². The molecule has 0 aromatic carbocycles. The van der Waals surface area contributed by atoms with Crippen molar-refractivity contribution in [1.29, 1.82) is 0 Å². The molecule has 0 aliphatic carbocycles. The Balaban J connectivity index is 2.77. The van der Waals surface area contributed by atoms with E-state index in [0.29, 0.717) is 3.70 Å². The maximum atomic E-state index is 10.3. The molecule has 0 spiro atoms. The number of carboxylic acid groups (broad SMARTS) is 1. The van der Waals surface area contributed by atoms with Crippen LogP contribution in [-0.4, -0.2) is 25.8 Å². The van der Waals surface area contributed by atoms with Gasteiger partial charge in [-0.1, -0.05) is 0 Å². The van der Waals surface area contributed by atoms with Crippen molar-refractivity contribution in [3.8, 4) is 0 Å². The van der Waals surface area contributed by atoms with Gasteiger partial charge in [-0.05, 0) is 27.5 Å². The molecule has 0 fully saturated rings. The van der Waals surface area contributed by atoms with Crippen molar-refractivity contribution in [2.24, 2.45) is 0 Å². The number of carboxylic acids is 1. The fourth-order valence-electron chi connectivity index (χ4n) is 0.829. The number of aliphatic carboxylic acids is 1. The molecule has 0 saturated heterocycles. The second-order valence-electron chi connectivity index (χ2n) is 2.45. The number of carbonyl (C=O) groups is 1. The van der Waals surface area contributed by atoms with Gasteiger partial charge in [0, 0.05) is 0 Å². The van der Waals surface area contributed by atoms with Gasteiger partial charge < -0.3 is 15.2 Å². The molecule has 8 heteroatoms. The molecular formula is C6H6IN3O4. The van der Waals surface area contributed by atoms with Crippen LogP contribution in [0.1, 0.15) is 6.42 Å². The van der Waals surface area contributed by atoms with Gasteiger partial charge in [0.05, 0.1) is 24.1 Å². The van der Waals surface area contributed by atoms with E-state index in [2.05, 4.69) is 5.10 Å². The van der Waals surface area contributed by atoms with Crippen LogP contribution in [0.5, 0.6) is 0 Å². The number of rotatable bonds is 4. The Hall–Kier alpha value is -1.19. The molecule has 0 unspecified atom stereocenters. The highest BCUT2D eigenvalue weighted by atomic mass is 127. The monoisotopic (exact) mass is 311 g/mol. The SMILES string of the molecule is O=C(O)CCn1nc([N+](=O)[O-])cc1I. The molecule has 7 nitrogen and oxygen atoms in total. The van der Waals surface area contributed by atoms with E-state index >= 15 is 0 Å². The Morgan fingerprint density at radius 3 is 2.86 bits per heavy atom. The molecule has 0 aliphatic heterocycles. The van der Waals surface area contributed by atoms with Crippen molar-refractivity contribution in [2.75, 3.05) is 0 Å². The summed E-state index contributed by atoms with van der Waals surface area (Å²) in [6, 6.07) is 1.29. The largest absolute Gasteiger partial charge is 0.481 e. The number of hydrogen-bond acceptors (Lipinski definition) is 4. The molecule has 76 valence electrons. The Labute approximate surface area is 92.0 Å². The van der Waals surface area contributed by atoms with Gasteiger partial charge in [0.2, 0.25) is 0 Å². The predicted octanol–water partition coefficient (Wildman–Crippen LogP) is 0.871. The fraction of sp³-hybridized carbons (Fsp3) is 0.333. The van der Waals surface area contributed by atoms with Crippen molar-refractivity contribution in [1.82, 2.24) is 9.78 Å². The molecule has 0 amide bonds. The maximum Gasteiger partial charge on any atom is 0.391 e. The topological polar surface area (TPSA) is 98.3 Å². The Morgan fingerprint density at radius 1 is 1.79 bits per heavy atom. The number of halogens is 1. The Morgan fingerprint density at radius 2 is 2.43 bits per heavy atom. The van der Waals surface area contributed by atoms with E-state index in [1.165, 1.54) is 10.7 Å². The summed E-state index contributed by atoms with van der Waals surface area (Å²) in [5.74, 6) is -1.22. The molecular weight excluding hydrogens is 305 g/mol. The first-order valence-corrected chi connectivity index (χ1v) is 4.68. The molecule has 1 aromatic rings. The van der Waals surface area contributed by atoms with E-state index in [1.54, 1.807) is 0 Å². The summed E-state index contributed by atoms with van der Waals surface area (Å²) in [4.78, 5) is 20.0. The average molecular weight is 311 g/mol. The van der Waals surface area contributed by atoms with E-state index in [9.17, 15) is 14.9 Å². The third kappa shape index (κ3) is 2.65. The third-order valence-corrected chi connectivity index (χ3v) is 2.31. The van der Waals surface area contributed by atoms with Crippen LogP contribution in [0.2, 0.25) is 0 Å². The van der Waals surface area contributed by atoms with Crippen molar-refractivity contribution in [2.45, 2.75) is 13.0 Å². The van der Waals surface area contributed by atoms with Gasteiger partial charge in [-0.3, -0.25) is 4.79 Å². The molecule has 1 heterocycles. The highest BCUT2D eigenvalue weighted by Gasteiger charge is 2.16. The van der Waals surface area contributed by atoms with E-state index in [-0.39, 0.29) is 18.8 Å². The van der Waals surface area contributed by atoms with Crippen LogP contribution in [0.15, 0.2) is 6.07 Å². The first-order chi connectivity index (χ1) is 6.50. The van der Waals surface area contributed by atoms with Gasteiger partial charge in [0.1, 0.15) is 3.70 Å². The highest BCUT2D eigenvalue weighted by Crippen LogP contribution is 2.14. The van der Waals surface area contributed by atoms with Crippen molar-refractivity contribution in [3.63, 3.8) is 0 Å². The number of aryl methyl sites for hydroxylation is 1. The molecule has 0 bridgehead atoms. The number of nitro groups is 1. The lowest BCUT2D eigenvalue weighted by molar-refractivity contribution is -0.389. The first kappa shape index (κ1) is 10.9. The Bertz CT molecular complexity index is 375. The molecule has 1 N–H and O–H groups in total. The van der Waals surface area contributed by atoms with Gasteiger partial charge in [0.25, 0.3) is 0 Å². The quantitative estimate of drug-likeness (QED) is 0.505. The van der Waals surface area contributed by atoms with E-state index < -0.39 is 10.9 Å². The van der Waals surface area contributed by atoms with Crippen molar-refractivity contribution in [3.05, 3.63) is 19.9 Å². The van der Waals surface area contributed by atoms with Crippen LogP contribution >= 0.6 is 22.6 Å². The standard InChI is InChI=1S/C6H6IN3O4/c7-4-3-5(10(13)14)8-9(4)2-1-6(11)12/h3H,1-2H2,(H,11,12). The zero-order valence-electron chi connectivity index (χ0n) is 6.88. The molecule has 0 saturated carbocycles. The summed E-state index contributed by atoms with van der Waals surface area (Å²) in [5.41, 5.74) is 0. The van der Waals surface area contributed by atoms with E-state index in [1.807, 2.05) is 22.6 Å². The number of nitrogens with zero attached hydrogens (tertiary/aromatic N) is 3. The molecule has 0 radical (unpaired) electrons. The minimum Gasteiger partial charge on any atom is -0.481 e. The number of aromatic nitrogens is 2.